The van der Waals surface area contributed by atoms with E-state index in [1.165, 1.54) is 11.1 Å². The molecule has 0 atom stereocenters. The monoisotopic (exact) mass is 376 g/mol. The van der Waals surface area contributed by atoms with Crippen LogP contribution in [-0.2, 0) is 16.0 Å². The lowest BCUT2D eigenvalue weighted by molar-refractivity contribution is -0.138. The fourth-order valence-corrected chi connectivity index (χ4v) is 4.37. The zero-order chi connectivity index (χ0) is 19.3. The molecule has 0 saturated carbocycles. The predicted octanol–water partition coefficient (Wildman–Crippen LogP) is 3.90. The highest BCUT2D eigenvalue weighted by atomic mass is 16.2. The maximum absolute atomic E-state index is 12.7. The molecule has 146 valence electrons. The average molecular weight is 377 g/mol. The van der Waals surface area contributed by atoms with Crippen LogP contribution in [-0.4, -0.2) is 47.3 Å². The molecule has 0 aliphatic carbocycles. The number of hydrogen-bond donors (Lipinski definition) is 0. The zero-order valence-electron chi connectivity index (χ0n) is 16.3. The molecule has 4 rings (SSSR count). The van der Waals surface area contributed by atoms with Gasteiger partial charge in [-0.15, -0.1) is 0 Å². The normalized spacial score (nSPS) is 18.4. The van der Waals surface area contributed by atoms with Gasteiger partial charge < -0.3 is 9.80 Å². The standard InChI is InChI=1S/C24H28N2O2/c27-23-8-4-5-15-26(23)22-13-16-25(17-14-22)24(28)18-19-9-11-21(12-10-19)20-6-2-1-3-7-20/h1-3,6-7,9-12,22H,4-5,8,13-18H2. The van der Waals surface area contributed by atoms with Gasteiger partial charge in [0, 0.05) is 32.1 Å². The highest BCUT2D eigenvalue weighted by molar-refractivity contribution is 5.79. The van der Waals surface area contributed by atoms with Crippen LogP contribution in [0.2, 0.25) is 0 Å². The van der Waals surface area contributed by atoms with Gasteiger partial charge in [-0.1, -0.05) is 54.6 Å². The van der Waals surface area contributed by atoms with E-state index in [1.54, 1.807) is 0 Å². The van der Waals surface area contributed by atoms with Crippen molar-refractivity contribution < 1.29 is 9.59 Å². The van der Waals surface area contributed by atoms with Gasteiger partial charge in [-0.3, -0.25) is 9.59 Å². The van der Waals surface area contributed by atoms with Crippen molar-refractivity contribution >= 4 is 11.8 Å². The van der Waals surface area contributed by atoms with Gasteiger partial charge in [0.15, 0.2) is 0 Å². The second-order valence-corrected chi connectivity index (χ2v) is 7.90. The number of rotatable bonds is 4. The van der Waals surface area contributed by atoms with E-state index in [2.05, 4.69) is 41.3 Å². The molecule has 0 spiro atoms. The number of carbonyl (C=O) groups excluding carboxylic acids is 2. The van der Waals surface area contributed by atoms with E-state index in [-0.39, 0.29) is 5.91 Å². The van der Waals surface area contributed by atoms with Crippen molar-refractivity contribution in [1.82, 2.24) is 9.80 Å². The van der Waals surface area contributed by atoms with E-state index in [4.69, 9.17) is 0 Å². The van der Waals surface area contributed by atoms with E-state index in [1.807, 2.05) is 23.1 Å². The molecule has 4 nitrogen and oxygen atoms in total. The van der Waals surface area contributed by atoms with Crippen LogP contribution in [0.1, 0.15) is 37.7 Å². The Balaban J connectivity index is 1.30. The minimum Gasteiger partial charge on any atom is -0.342 e. The van der Waals surface area contributed by atoms with Gasteiger partial charge in [0.05, 0.1) is 6.42 Å². The van der Waals surface area contributed by atoms with Crippen molar-refractivity contribution in [3.05, 3.63) is 60.2 Å². The third-order valence-corrected chi connectivity index (χ3v) is 6.03. The van der Waals surface area contributed by atoms with Crippen molar-refractivity contribution in [2.24, 2.45) is 0 Å². The van der Waals surface area contributed by atoms with Gasteiger partial charge in [-0.2, -0.15) is 0 Å². The lowest BCUT2D eigenvalue weighted by atomic mass is 9.98. The lowest BCUT2D eigenvalue weighted by Gasteiger charge is -2.40. The van der Waals surface area contributed by atoms with E-state index in [0.717, 1.165) is 50.9 Å². The van der Waals surface area contributed by atoms with Crippen molar-refractivity contribution in [3.8, 4) is 11.1 Å². The quantitative estimate of drug-likeness (QED) is 0.812. The minimum absolute atomic E-state index is 0.191. The fraction of sp³-hybridized carbons (Fsp3) is 0.417. The van der Waals surface area contributed by atoms with Gasteiger partial charge in [-0.05, 0) is 42.4 Å². The molecular weight excluding hydrogens is 348 g/mol. The molecule has 2 aliphatic rings. The first-order chi connectivity index (χ1) is 13.7. The summed E-state index contributed by atoms with van der Waals surface area (Å²) in [5.41, 5.74) is 3.41. The molecule has 4 heteroatoms. The van der Waals surface area contributed by atoms with Crippen molar-refractivity contribution in [2.75, 3.05) is 19.6 Å². The summed E-state index contributed by atoms with van der Waals surface area (Å²) in [5, 5.41) is 0. The van der Waals surface area contributed by atoms with Gasteiger partial charge >= 0.3 is 0 Å². The SMILES string of the molecule is O=C(Cc1ccc(-c2ccccc2)cc1)N1CCC(N2CCCCC2=O)CC1. The second kappa shape index (κ2) is 8.59. The Morgan fingerprint density at radius 2 is 1.54 bits per heavy atom. The van der Waals surface area contributed by atoms with Gasteiger partial charge in [0.25, 0.3) is 0 Å². The summed E-state index contributed by atoms with van der Waals surface area (Å²) in [4.78, 5) is 28.9. The van der Waals surface area contributed by atoms with E-state index >= 15 is 0 Å². The number of nitrogens with zero attached hydrogens (tertiary/aromatic N) is 2. The van der Waals surface area contributed by atoms with Crippen LogP contribution in [0.25, 0.3) is 11.1 Å². The molecule has 2 saturated heterocycles. The number of carbonyl (C=O) groups is 2. The largest absolute Gasteiger partial charge is 0.342 e. The Morgan fingerprint density at radius 3 is 2.21 bits per heavy atom. The number of amides is 2. The molecule has 2 aromatic carbocycles. The summed E-state index contributed by atoms with van der Waals surface area (Å²) >= 11 is 0. The molecule has 2 heterocycles. The number of hydrogen-bond acceptors (Lipinski definition) is 2. The summed E-state index contributed by atoms with van der Waals surface area (Å²) in [7, 11) is 0. The Kier molecular flexibility index (Phi) is 5.75. The third kappa shape index (κ3) is 4.27. The molecule has 0 bridgehead atoms. The van der Waals surface area contributed by atoms with E-state index in [9.17, 15) is 9.59 Å². The summed E-state index contributed by atoms with van der Waals surface area (Å²) in [5.74, 6) is 0.491. The number of piperidine rings is 2. The minimum atomic E-state index is 0.191. The number of benzene rings is 2. The van der Waals surface area contributed by atoms with Crippen LogP contribution >= 0.6 is 0 Å². The van der Waals surface area contributed by atoms with Crippen LogP contribution in [0.15, 0.2) is 54.6 Å². The summed E-state index contributed by atoms with van der Waals surface area (Å²) < 4.78 is 0. The molecule has 2 amide bonds. The lowest BCUT2D eigenvalue weighted by Crippen LogP contribution is -2.50. The molecule has 2 fully saturated rings. The second-order valence-electron chi connectivity index (χ2n) is 7.90. The predicted molar refractivity (Wildman–Crippen MR) is 111 cm³/mol. The topological polar surface area (TPSA) is 40.6 Å². The average Bonchev–Trinajstić information content (AvgIpc) is 2.75. The van der Waals surface area contributed by atoms with E-state index < -0.39 is 0 Å². The first-order valence-electron chi connectivity index (χ1n) is 10.4. The van der Waals surface area contributed by atoms with Crippen LogP contribution in [0, 0.1) is 0 Å². The van der Waals surface area contributed by atoms with Crippen molar-refractivity contribution in [1.29, 1.82) is 0 Å². The molecule has 0 aromatic heterocycles. The van der Waals surface area contributed by atoms with Crippen LogP contribution in [0.3, 0.4) is 0 Å². The highest BCUT2D eigenvalue weighted by Gasteiger charge is 2.30. The summed E-state index contributed by atoms with van der Waals surface area (Å²) in [6.07, 6.45) is 5.09. The molecule has 0 N–H and O–H groups in total. The van der Waals surface area contributed by atoms with Gasteiger partial charge in [-0.25, -0.2) is 0 Å². The molecular formula is C24H28N2O2. The Hall–Kier alpha value is -2.62. The molecule has 0 unspecified atom stereocenters. The van der Waals surface area contributed by atoms with Gasteiger partial charge in [0.1, 0.15) is 0 Å². The number of likely N-dealkylation sites (tertiary alicyclic amines) is 2. The van der Waals surface area contributed by atoms with E-state index in [0.29, 0.717) is 24.8 Å². The fourth-order valence-electron chi connectivity index (χ4n) is 4.37. The zero-order valence-corrected chi connectivity index (χ0v) is 16.3. The molecule has 2 aliphatic heterocycles. The van der Waals surface area contributed by atoms with Gasteiger partial charge in [0.2, 0.25) is 11.8 Å². The molecule has 0 radical (unpaired) electrons. The third-order valence-electron chi connectivity index (χ3n) is 6.03. The first-order valence-corrected chi connectivity index (χ1v) is 10.4. The molecule has 28 heavy (non-hydrogen) atoms. The summed E-state index contributed by atoms with van der Waals surface area (Å²) in [6.45, 7) is 2.41. The Bertz CT molecular complexity index is 808. The maximum atomic E-state index is 12.7. The first kappa shape index (κ1) is 18.7. The van der Waals surface area contributed by atoms with Crippen molar-refractivity contribution in [2.45, 2.75) is 44.6 Å². The van der Waals surface area contributed by atoms with Crippen LogP contribution in [0.4, 0.5) is 0 Å². The Morgan fingerprint density at radius 1 is 0.857 bits per heavy atom. The summed E-state index contributed by atoms with van der Waals surface area (Å²) in [6, 6.07) is 18.9. The van der Waals surface area contributed by atoms with Crippen LogP contribution in [0.5, 0.6) is 0 Å². The van der Waals surface area contributed by atoms with Crippen molar-refractivity contribution in [3.63, 3.8) is 0 Å². The van der Waals surface area contributed by atoms with Crippen LogP contribution < -0.4 is 0 Å². The highest BCUT2D eigenvalue weighted by Crippen LogP contribution is 2.23. The maximum Gasteiger partial charge on any atom is 0.226 e. The smallest absolute Gasteiger partial charge is 0.226 e. The Labute approximate surface area is 167 Å². The molecule has 2 aromatic rings.